The Morgan fingerprint density at radius 1 is 0.897 bits per heavy atom. The Morgan fingerprint density at radius 2 is 1.62 bits per heavy atom. The molecular formula is C31H33N7O. The van der Waals surface area contributed by atoms with E-state index in [1.807, 2.05) is 44.4 Å². The number of pyridine rings is 1. The molecule has 8 nitrogen and oxygen atoms in total. The predicted molar refractivity (Wildman–Crippen MR) is 159 cm³/mol. The molecule has 1 aliphatic heterocycles. The molecule has 0 unspecified atom stereocenters. The summed E-state index contributed by atoms with van der Waals surface area (Å²) in [5.41, 5.74) is 6.46. The number of anilines is 3. The van der Waals surface area contributed by atoms with Gasteiger partial charge in [-0.1, -0.05) is 24.3 Å². The monoisotopic (exact) mass is 519 g/mol. The number of nitrogens with zero attached hydrogens (tertiary/aromatic N) is 6. The van der Waals surface area contributed by atoms with Crippen LogP contribution in [0.3, 0.4) is 0 Å². The van der Waals surface area contributed by atoms with Gasteiger partial charge in [0.1, 0.15) is 5.65 Å². The molecule has 0 bridgehead atoms. The molecule has 198 valence electrons. The third-order valence-corrected chi connectivity index (χ3v) is 7.57. The van der Waals surface area contributed by atoms with E-state index in [9.17, 15) is 4.79 Å². The fourth-order valence-corrected chi connectivity index (χ4v) is 5.25. The summed E-state index contributed by atoms with van der Waals surface area (Å²) < 4.78 is 3.80. The van der Waals surface area contributed by atoms with Crippen LogP contribution in [0.1, 0.15) is 6.92 Å². The van der Waals surface area contributed by atoms with Crippen LogP contribution in [0.2, 0.25) is 0 Å². The molecule has 0 aliphatic carbocycles. The van der Waals surface area contributed by atoms with Crippen molar-refractivity contribution in [2.45, 2.75) is 13.5 Å². The number of rotatable bonds is 6. The fraction of sp³-hybridized carbons (Fsp3) is 0.258. The van der Waals surface area contributed by atoms with Crippen LogP contribution in [0, 0.1) is 0 Å². The maximum absolute atomic E-state index is 13.5. The topological polar surface area (TPSA) is 71.2 Å². The van der Waals surface area contributed by atoms with Crippen LogP contribution in [0.4, 0.5) is 17.3 Å². The molecule has 5 aromatic rings. The fourth-order valence-electron chi connectivity index (χ4n) is 5.25. The van der Waals surface area contributed by atoms with E-state index in [4.69, 9.17) is 4.98 Å². The molecule has 0 radical (unpaired) electrons. The van der Waals surface area contributed by atoms with Gasteiger partial charge in [0.2, 0.25) is 5.95 Å². The molecule has 39 heavy (non-hydrogen) atoms. The molecule has 4 heterocycles. The maximum atomic E-state index is 13.5. The van der Waals surface area contributed by atoms with Crippen molar-refractivity contribution in [1.82, 2.24) is 24.0 Å². The molecule has 0 atom stereocenters. The van der Waals surface area contributed by atoms with Gasteiger partial charge in [0, 0.05) is 80.2 Å². The first kappa shape index (κ1) is 24.9. The number of hydrogen-bond donors (Lipinski definition) is 1. The molecule has 8 heteroatoms. The lowest BCUT2D eigenvalue weighted by molar-refractivity contribution is 0.313. The van der Waals surface area contributed by atoms with E-state index >= 15 is 0 Å². The van der Waals surface area contributed by atoms with Gasteiger partial charge < -0.3 is 19.7 Å². The van der Waals surface area contributed by atoms with Crippen molar-refractivity contribution < 1.29 is 0 Å². The molecule has 2 aromatic carbocycles. The van der Waals surface area contributed by atoms with E-state index in [-0.39, 0.29) is 5.56 Å². The lowest BCUT2D eigenvalue weighted by Gasteiger charge is -2.34. The lowest BCUT2D eigenvalue weighted by Crippen LogP contribution is -2.44. The standard InChI is InChI=1S/C31H33N7O/c1-4-38-29-24(20-27(30(38)39)22-7-9-23(10-8-22)28-6-5-15-36(28)3)21-32-31(34-29)33-25-11-13-26(14-12-25)37-18-16-35(2)17-19-37/h5-15,20-21H,4,16-19H2,1-3H3,(H,32,33,34). The largest absolute Gasteiger partial charge is 0.369 e. The van der Waals surface area contributed by atoms with Gasteiger partial charge in [0.05, 0.1) is 0 Å². The summed E-state index contributed by atoms with van der Waals surface area (Å²) in [6, 6.07) is 22.5. The Morgan fingerprint density at radius 3 is 2.28 bits per heavy atom. The van der Waals surface area contributed by atoms with Crippen LogP contribution in [-0.2, 0) is 13.6 Å². The molecule has 1 fully saturated rings. The molecular weight excluding hydrogens is 486 g/mol. The second-order valence-electron chi connectivity index (χ2n) is 10.1. The van der Waals surface area contributed by atoms with Crippen LogP contribution in [0.15, 0.2) is 83.9 Å². The Balaban J connectivity index is 1.26. The van der Waals surface area contributed by atoms with Crippen molar-refractivity contribution in [3.05, 3.63) is 89.5 Å². The highest BCUT2D eigenvalue weighted by molar-refractivity contribution is 5.82. The van der Waals surface area contributed by atoms with Crippen LogP contribution in [-0.4, -0.2) is 57.2 Å². The number of aryl methyl sites for hydroxylation is 2. The molecule has 0 saturated carbocycles. The van der Waals surface area contributed by atoms with E-state index in [0.29, 0.717) is 23.7 Å². The summed E-state index contributed by atoms with van der Waals surface area (Å²) in [6.07, 6.45) is 3.82. The van der Waals surface area contributed by atoms with Gasteiger partial charge in [0.15, 0.2) is 0 Å². The molecule has 0 amide bonds. The van der Waals surface area contributed by atoms with E-state index in [1.165, 1.54) is 5.69 Å². The number of aromatic nitrogens is 4. The minimum atomic E-state index is -0.0576. The highest BCUT2D eigenvalue weighted by atomic mass is 16.1. The van der Waals surface area contributed by atoms with Crippen molar-refractivity contribution in [1.29, 1.82) is 0 Å². The Kier molecular flexibility index (Phi) is 6.62. The van der Waals surface area contributed by atoms with Gasteiger partial charge in [-0.05, 0) is 67.6 Å². The zero-order chi connectivity index (χ0) is 26.9. The van der Waals surface area contributed by atoms with Crippen LogP contribution in [0.5, 0.6) is 0 Å². The van der Waals surface area contributed by atoms with Gasteiger partial charge in [-0.25, -0.2) is 4.98 Å². The number of fused-ring (bicyclic) bond motifs is 1. The second kappa shape index (κ2) is 10.4. The number of hydrogen-bond acceptors (Lipinski definition) is 6. The van der Waals surface area contributed by atoms with Crippen molar-refractivity contribution in [3.8, 4) is 22.4 Å². The lowest BCUT2D eigenvalue weighted by atomic mass is 10.0. The van der Waals surface area contributed by atoms with Crippen LogP contribution >= 0.6 is 0 Å². The van der Waals surface area contributed by atoms with Crippen molar-refractivity contribution in [3.63, 3.8) is 0 Å². The minimum Gasteiger partial charge on any atom is -0.369 e. The summed E-state index contributed by atoms with van der Waals surface area (Å²) >= 11 is 0. The van der Waals surface area contributed by atoms with E-state index in [1.54, 1.807) is 10.8 Å². The number of nitrogens with one attached hydrogen (secondary N) is 1. The highest BCUT2D eigenvalue weighted by Gasteiger charge is 2.15. The zero-order valence-electron chi connectivity index (χ0n) is 22.6. The molecule has 6 rings (SSSR count). The first-order chi connectivity index (χ1) is 19.0. The van der Waals surface area contributed by atoms with Gasteiger partial charge >= 0.3 is 0 Å². The number of piperazine rings is 1. The first-order valence-corrected chi connectivity index (χ1v) is 13.4. The Hall–Kier alpha value is -4.43. The summed E-state index contributed by atoms with van der Waals surface area (Å²) in [4.78, 5) is 27.6. The second-order valence-corrected chi connectivity index (χ2v) is 10.1. The van der Waals surface area contributed by atoms with Gasteiger partial charge in [0.25, 0.3) is 5.56 Å². The van der Waals surface area contributed by atoms with Gasteiger partial charge in [-0.3, -0.25) is 9.36 Å². The quantitative estimate of drug-likeness (QED) is 0.341. The zero-order valence-corrected chi connectivity index (χ0v) is 22.6. The maximum Gasteiger partial charge on any atom is 0.260 e. The summed E-state index contributed by atoms with van der Waals surface area (Å²) in [7, 11) is 4.19. The third-order valence-electron chi connectivity index (χ3n) is 7.57. The highest BCUT2D eigenvalue weighted by Crippen LogP contribution is 2.26. The smallest absolute Gasteiger partial charge is 0.260 e. The minimum absolute atomic E-state index is 0.0576. The summed E-state index contributed by atoms with van der Waals surface area (Å²) in [5.74, 6) is 0.469. The summed E-state index contributed by atoms with van der Waals surface area (Å²) in [5, 5.41) is 4.14. The van der Waals surface area contributed by atoms with Crippen LogP contribution < -0.4 is 15.8 Å². The summed E-state index contributed by atoms with van der Waals surface area (Å²) in [6.45, 7) is 6.70. The van der Waals surface area contributed by atoms with Crippen molar-refractivity contribution >= 4 is 28.4 Å². The Labute approximate surface area is 228 Å². The SMILES string of the molecule is CCn1c(=O)c(-c2ccc(-c3cccn3C)cc2)cc2cnc(Nc3ccc(N4CCN(C)CC4)cc3)nc21. The average Bonchev–Trinajstić information content (AvgIpc) is 3.39. The molecule has 1 N–H and O–H groups in total. The van der Waals surface area contributed by atoms with E-state index in [0.717, 1.165) is 54.1 Å². The molecule has 3 aromatic heterocycles. The van der Waals surface area contributed by atoms with Gasteiger partial charge in [-0.15, -0.1) is 0 Å². The number of likely N-dealkylation sites (N-methyl/N-ethyl adjacent to an activating group) is 1. The van der Waals surface area contributed by atoms with Crippen molar-refractivity contribution in [2.24, 2.45) is 7.05 Å². The van der Waals surface area contributed by atoms with Crippen molar-refractivity contribution in [2.75, 3.05) is 43.4 Å². The molecule has 1 saturated heterocycles. The average molecular weight is 520 g/mol. The van der Waals surface area contributed by atoms with E-state index < -0.39 is 0 Å². The predicted octanol–water partition coefficient (Wildman–Crippen LogP) is 4.98. The first-order valence-electron chi connectivity index (χ1n) is 13.4. The normalized spacial score (nSPS) is 14.2. The molecule has 0 spiro atoms. The van der Waals surface area contributed by atoms with Crippen LogP contribution in [0.25, 0.3) is 33.4 Å². The Bertz CT molecular complexity index is 1660. The van der Waals surface area contributed by atoms with Gasteiger partial charge in [-0.2, -0.15) is 4.98 Å². The third kappa shape index (κ3) is 4.91. The molecule has 1 aliphatic rings. The number of benzene rings is 2. The van der Waals surface area contributed by atoms with E-state index in [2.05, 4.69) is 74.2 Å².